The van der Waals surface area contributed by atoms with Crippen LogP contribution >= 0.6 is 0 Å². The lowest BCUT2D eigenvalue weighted by molar-refractivity contribution is -0.153. The first-order valence-corrected chi connectivity index (χ1v) is 18.8. The van der Waals surface area contributed by atoms with Crippen molar-refractivity contribution in [2.75, 3.05) is 0 Å². The van der Waals surface area contributed by atoms with E-state index >= 15 is 0 Å². The average Bonchev–Trinajstić information content (AvgIpc) is 3.19. The van der Waals surface area contributed by atoms with Gasteiger partial charge in [-0.2, -0.15) is 0 Å². The van der Waals surface area contributed by atoms with Crippen LogP contribution in [0.1, 0.15) is 70.8 Å². The maximum Gasteiger partial charge on any atom is 0.328 e. The number of carbonyl (C=O) groups excluding carboxylic acids is 4. The van der Waals surface area contributed by atoms with E-state index in [1.165, 1.54) is 5.56 Å². The highest BCUT2D eigenvalue weighted by atomic mass is 16.5. The van der Waals surface area contributed by atoms with E-state index in [-0.39, 0.29) is 38.7 Å². The number of carbonyl (C=O) groups is 4. The highest BCUT2D eigenvalue weighted by molar-refractivity contribution is 6.02. The Balaban J connectivity index is 1.22. The molecule has 8 heteroatoms. The Labute approximate surface area is 321 Å². The molecular formula is C47H46N2O6. The molecule has 0 radical (unpaired) electrons. The summed E-state index contributed by atoms with van der Waals surface area (Å²) in [6, 6.07) is 42.0. The van der Waals surface area contributed by atoms with Crippen LogP contribution in [0.15, 0.2) is 133 Å². The molecule has 0 aromatic heterocycles. The number of rotatable bonds is 17. The van der Waals surface area contributed by atoms with Crippen LogP contribution < -0.4 is 11.1 Å². The smallest absolute Gasteiger partial charge is 0.328 e. The maximum atomic E-state index is 14.2. The molecule has 0 unspecified atom stereocenters. The quantitative estimate of drug-likeness (QED) is 0.0911. The van der Waals surface area contributed by atoms with Gasteiger partial charge in [0.05, 0.1) is 6.42 Å². The van der Waals surface area contributed by atoms with Crippen LogP contribution in [0.25, 0.3) is 21.5 Å². The van der Waals surface area contributed by atoms with Crippen LogP contribution in [-0.4, -0.2) is 35.9 Å². The Hall–Kier alpha value is -6.28. The molecule has 0 fully saturated rings. The Bertz CT molecular complexity index is 2270. The van der Waals surface area contributed by atoms with E-state index in [1.54, 1.807) is 0 Å². The zero-order valence-electron chi connectivity index (χ0n) is 31.0. The van der Waals surface area contributed by atoms with Gasteiger partial charge in [-0.3, -0.25) is 14.4 Å². The summed E-state index contributed by atoms with van der Waals surface area (Å²) in [5, 5.41) is 6.93. The number of primary amides is 1. The number of aryl methyl sites for hydroxylation is 1. The molecule has 6 aromatic carbocycles. The van der Waals surface area contributed by atoms with Crippen molar-refractivity contribution < 1.29 is 28.7 Å². The number of fused-ring (bicyclic) bond motifs is 2. The van der Waals surface area contributed by atoms with Gasteiger partial charge in [-0.1, -0.05) is 134 Å². The van der Waals surface area contributed by atoms with Gasteiger partial charge in [0.2, 0.25) is 5.91 Å². The van der Waals surface area contributed by atoms with Gasteiger partial charge in [0.25, 0.3) is 5.91 Å². The number of hydrogen-bond donors (Lipinski definition) is 2. The van der Waals surface area contributed by atoms with Crippen molar-refractivity contribution in [1.29, 1.82) is 0 Å². The van der Waals surface area contributed by atoms with Crippen LogP contribution in [0.3, 0.4) is 0 Å². The fourth-order valence-corrected chi connectivity index (χ4v) is 6.79. The van der Waals surface area contributed by atoms with Crippen LogP contribution in [-0.2, 0) is 49.7 Å². The molecule has 6 rings (SSSR count). The number of esters is 2. The summed E-state index contributed by atoms with van der Waals surface area (Å²) < 4.78 is 11.5. The molecule has 0 heterocycles. The fourth-order valence-electron chi connectivity index (χ4n) is 6.79. The minimum atomic E-state index is -1.12. The van der Waals surface area contributed by atoms with E-state index in [0.29, 0.717) is 12.0 Å². The lowest BCUT2D eigenvalue weighted by Crippen LogP contribution is -2.44. The number of benzene rings is 6. The molecule has 0 aliphatic heterocycles. The van der Waals surface area contributed by atoms with Crippen molar-refractivity contribution in [2.24, 2.45) is 5.73 Å². The molecule has 3 N–H and O–H groups in total. The standard InChI is InChI=1S/C47H46N2O6/c1-2-32-20-22-39-26-35(21-23-38(39)24-32)27-41(30-44(48)50)55-47(53)43(18-11-19-45(51)54-31-34-14-7-4-8-15-34)49-46(52)42-29-37-17-10-9-16-36(37)28-40(42)25-33-12-5-3-6-13-33/h3-10,12-17,20-24,26,28-29,41,43H,2,11,18-19,25,27,30-31H2,1H3,(H2,48,50)(H,49,52)/t41-,43-/m0/s1. The maximum absolute atomic E-state index is 14.2. The summed E-state index contributed by atoms with van der Waals surface area (Å²) in [6.07, 6.45) is 0.985. The molecular weight excluding hydrogens is 689 g/mol. The van der Waals surface area contributed by atoms with Gasteiger partial charge in [-0.25, -0.2) is 4.79 Å². The molecule has 2 atom stereocenters. The monoisotopic (exact) mass is 734 g/mol. The third-order valence-corrected chi connectivity index (χ3v) is 9.71. The molecule has 8 nitrogen and oxygen atoms in total. The molecule has 0 saturated heterocycles. The molecule has 55 heavy (non-hydrogen) atoms. The topological polar surface area (TPSA) is 125 Å². The number of ether oxygens (including phenoxy) is 2. The second kappa shape index (κ2) is 18.7. The largest absolute Gasteiger partial charge is 0.461 e. The first-order chi connectivity index (χ1) is 26.7. The molecule has 6 aromatic rings. The molecule has 0 spiro atoms. The Morgan fingerprint density at radius 2 is 1.27 bits per heavy atom. The summed E-state index contributed by atoms with van der Waals surface area (Å²) in [5.41, 5.74) is 10.9. The number of hydrogen-bond acceptors (Lipinski definition) is 6. The predicted octanol–water partition coefficient (Wildman–Crippen LogP) is 8.19. The van der Waals surface area contributed by atoms with Gasteiger partial charge in [0, 0.05) is 18.4 Å². The van der Waals surface area contributed by atoms with Crippen molar-refractivity contribution in [3.63, 3.8) is 0 Å². The second-order valence-corrected chi connectivity index (χ2v) is 13.9. The van der Waals surface area contributed by atoms with Gasteiger partial charge in [-0.15, -0.1) is 0 Å². The van der Waals surface area contributed by atoms with Crippen molar-refractivity contribution in [3.8, 4) is 0 Å². The lowest BCUT2D eigenvalue weighted by Gasteiger charge is -2.23. The predicted molar refractivity (Wildman–Crippen MR) is 215 cm³/mol. The van der Waals surface area contributed by atoms with E-state index < -0.39 is 35.9 Å². The van der Waals surface area contributed by atoms with E-state index in [1.807, 2.05) is 115 Å². The molecule has 0 saturated carbocycles. The minimum absolute atomic E-state index is 0.0310. The fraction of sp³-hybridized carbons (Fsp3) is 0.234. The first kappa shape index (κ1) is 38.4. The third-order valence-electron chi connectivity index (χ3n) is 9.71. The van der Waals surface area contributed by atoms with E-state index in [0.717, 1.165) is 50.2 Å². The van der Waals surface area contributed by atoms with Crippen LogP contribution in [0, 0.1) is 0 Å². The minimum Gasteiger partial charge on any atom is -0.461 e. The van der Waals surface area contributed by atoms with E-state index in [4.69, 9.17) is 15.2 Å². The molecule has 0 aliphatic rings. The first-order valence-electron chi connectivity index (χ1n) is 18.8. The Kier molecular flexibility index (Phi) is 13.0. The third kappa shape index (κ3) is 10.9. The van der Waals surface area contributed by atoms with Gasteiger partial charge in [-0.05, 0) is 81.1 Å². The normalized spacial score (nSPS) is 12.2. The van der Waals surface area contributed by atoms with Gasteiger partial charge in [0.1, 0.15) is 18.8 Å². The van der Waals surface area contributed by atoms with Crippen molar-refractivity contribution in [2.45, 2.75) is 70.6 Å². The molecule has 0 bridgehead atoms. The van der Waals surface area contributed by atoms with Crippen molar-refractivity contribution in [1.82, 2.24) is 5.32 Å². The van der Waals surface area contributed by atoms with Crippen LogP contribution in [0.2, 0.25) is 0 Å². The zero-order valence-corrected chi connectivity index (χ0v) is 31.0. The summed E-state index contributed by atoms with van der Waals surface area (Å²) in [7, 11) is 0. The van der Waals surface area contributed by atoms with Crippen LogP contribution in [0.4, 0.5) is 0 Å². The SMILES string of the molecule is CCc1ccc2cc(C[C@@H](CC(N)=O)OC(=O)[C@H](CCCC(=O)OCc3ccccc3)NC(=O)c3cc4ccccc4cc3Cc3ccccc3)ccc2c1. The van der Waals surface area contributed by atoms with E-state index in [2.05, 4.69) is 30.4 Å². The Morgan fingerprint density at radius 1 is 0.673 bits per heavy atom. The summed E-state index contributed by atoms with van der Waals surface area (Å²) >= 11 is 0. The van der Waals surface area contributed by atoms with Gasteiger partial charge in [0.15, 0.2) is 0 Å². The molecule has 0 aliphatic carbocycles. The zero-order chi connectivity index (χ0) is 38.6. The highest BCUT2D eigenvalue weighted by Gasteiger charge is 2.28. The summed E-state index contributed by atoms with van der Waals surface area (Å²) in [6.45, 7) is 2.24. The average molecular weight is 735 g/mol. The van der Waals surface area contributed by atoms with Crippen molar-refractivity contribution in [3.05, 3.63) is 167 Å². The molecule has 280 valence electrons. The van der Waals surface area contributed by atoms with E-state index in [9.17, 15) is 19.2 Å². The summed E-state index contributed by atoms with van der Waals surface area (Å²) in [4.78, 5) is 53.2. The Morgan fingerprint density at radius 3 is 1.95 bits per heavy atom. The van der Waals surface area contributed by atoms with Crippen molar-refractivity contribution >= 4 is 45.3 Å². The lowest BCUT2D eigenvalue weighted by atomic mass is 9.95. The number of nitrogens with two attached hydrogens (primary N) is 1. The van der Waals surface area contributed by atoms with Crippen LogP contribution in [0.5, 0.6) is 0 Å². The van der Waals surface area contributed by atoms with Gasteiger partial charge < -0.3 is 20.5 Å². The van der Waals surface area contributed by atoms with Gasteiger partial charge >= 0.3 is 11.9 Å². The molecule has 2 amide bonds. The number of nitrogens with one attached hydrogen (secondary N) is 1. The highest BCUT2D eigenvalue weighted by Crippen LogP contribution is 2.24. The number of amides is 2. The second-order valence-electron chi connectivity index (χ2n) is 13.9. The summed E-state index contributed by atoms with van der Waals surface area (Å²) in [5.74, 6) is -2.20.